The van der Waals surface area contributed by atoms with Gasteiger partial charge in [-0.25, -0.2) is 4.98 Å². The van der Waals surface area contributed by atoms with Crippen LogP contribution in [-0.2, 0) is 20.9 Å². The fraction of sp³-hybridized carbons (Fsp3) is 0.259. The molecular formula is C27H29ClN4O3. The molecular weight excluding hydrogens is 464 g/mol. The van der Waals surface area contributed by atoms with E-state index in [9.17, 15) is 14.4 Å². The highest BCUT2D eigenvalue weighted by atomic mass is 35.5. The highest BCUT2D eigenvalue weighted by Gasteiger charge is 2.32. The molecule has 3 amide bonds. The van der Waals surface area contributed by atoms with Crippen molar-refractivity contribution >= 4 is 35.1 Å². The van der Waals surface area contributed by atoms with Gasteiger partial charge >= 0.3 is 0 Å². The third-order valence-corrected chi connectivity index (χ3v) is 5.44. The van der Waals surface area contributed by atoms with Crippen molar-refractivity contribution in [2.75, 3.05) is 5.32 Å². The van der Waals surface area contributed by atoms with E-state index in [-0.39, 0.29) is 43.1 Å². The first-order valence-electron chi connectivity index (χ1n) is 11.4. The van der Waals surface area contributed by atoms with Crippen molar-refractivity contribution < 1.29 is 14.4 Å². The van der Waals surface area contributed by atoms with E-state index in [1.54, 1.807) is 48.7 Å². The Balaban J connectivity index is 1.86. The predicted molar refractivity (Wildman–Crippen MR) is 137 cm³/mol. The van der Waals surface area contributed by atoms with Crippen LogP contribution in [0.15, 0.2) is 79.0 Å². The van der Waals surface area contributed by atoms with Crippen LogP contribution in [0.25, 0.3) is 0 Å². The standard InChI is InChI=1S/C27H29ClN4O3/c1-19(2)30-27(35)26(21-11-13-22(28)14-12-21)32(18-20-8-4-3-5-9-20)25(34)16-15-24(33)31-23-10-6-7-17-29-23/h3-14,17,19,26H,15-16,18H2,1-2H3,(H,30,35)(H,29,31,33)/t26-/m1/s1. The smallest absolute Gasteiger partial charge is 0.247 e. The number of hydrogen-bond donors (Lipinski definition) is 2. The molecule has 0 fully saturated rings. The van der Waals surface area contributed by atoms with Gasteiger partial charge in [0.25, 0.3) is 0 Å². The van der Waals surface area contributed by atoms with Crippen LogP contribution < -0.4 is 10.6 Å². The largest absolute Gasteiger partial charge is 0.352 e. The molecule has 0 saturated heterocycles. The van der Waals surface area contributed by atoms with E-state index in [0.29, 0.717) is 16.4 Å². The minimum atomic E-state index is -0.888. The SMILES string of the molecule is CC(C)NC(=O)[C@@H](c1ccc(Cl)cc1)N(Cc1ccccc1)C(=O)CCC(=O)Nc1ccccn1. The number of halogens is 1. The van der Waals surface area contributed by atoms with Gasteiger partial charge in [0.05, 0.1) is 0 Å². The van der Waals surface area contributed by atoms with Crippen molar-refractivity contribution in [1.29, 1.82) is 0 Å². The van der Waals surface area contributed by atoms with E-state index in [1.807, 2.05) is 44.2 Å². The molecule has 7 nitrogen and oxygen atoms in total. The molecule has 0 saturated carbocycles. The van der Waals surface area contributed by atoms with E-state index < -0.39 is 6.04 Å². The second kappa shape index (κ2) is 12.7. The molecule has 0 aliphatic rings. The highest BCUT2D eigenvalue weighted by molar-refractivity contribution is 6.30. The first kappa shape index (κ1) is 25.9. The lowest BCUT2D eigenvalue weighted by Gasteiger charge is -2.32. The lowest BCUT2D eigenvalue weighted by Crippen LogP contribution is -2.45. The maximum absolute atomic E-state index is 13.5. The molecule has 2 N–H and O–H groups in total. The number of hydrogen-bond acceptors (Lipinski definition) is 4. The lowest BCUT2D eigenvalue weighted by atomic mass is 10.0. The summed E-state index contributed by atoms with van der Waals surface area (Å²) in [4.78, 5) is 44.9. The Kier molecular flexibility index (Phi) is 9.38. The Morgan fingerprint density at radius 1 is 0.914 bits per heavy atom. The number of aromatic nitrogens is 1. The van der Waals surface area contributed by atoms with Crippen molar-refractivity contribution in [1.82, 2.24) is 15.2 Å². The van der Waals surface area contributed by atoms with Gasteiger partial charge in [-0.05, 0) is 49.2 Å². The van der Waals surface area contributed by atoms with Crippen molar-refractivity contribution in [2.24, 2.45) is 0 Å². The van der Waals surface area contributed by atoms with Crippen LogP contribution in [0, 0.1) is 0 Å². The Labute approximate surface area is 210 Å². The summed E-state index contributed by atoms with van der Waals surface area (Å²) in [5.41, 5.74) is 1.50. The van der Waals surface area contributed by atoms with Gasteiger partial charge in [0, 0.05) is 36.6 Å². The molecule has 0 radical (unpaired) electrons. The number of carbonyl (C=O) groups is 3. The third-order valence-electron chi connectivity index (χ3n) is 5.19. The molecule has 0 unspecified atom stereocenters. The van der Waals surface area contributed by atoms with Gasteiger partial charge in [-0.15, -0.1) is 0 Å². The zero-order valence-corrected chi connectivity index (χ0v) is 20.5. The Morgan fingerprint density at radius 2 is 1.60 bits per heavy atom. The molecule has 3 rings (SSSR count). The molecule has 182 valence electrons. The van der Waals surface area contributed by atoms with Crippen molar-refractivity contribution in [3.8, 4) is 0 Å². The summed E-state index contributed by atoms with van der Waals surface area (Å²) in [6.45, 7) is 3.94. The number of nitrogens with zero attached hydrogens (tertiary/aromatic N) is 2. The van der Waals surface area contributed by atoms with Crippen LogP contribution in [0.3, 0.4) is 0 Å². The van der Waals surface area contributed by atoms with Gasteiger partial charge in [0.1, 0.15) is 11.9 Å². The molecule has 1 atom stereocenters. The molecule has 0 aliphatic carbocycles. The molecule has 3 aromatic rings. The normalized spacial score (nSPS) is 11.5. The van der Waals surface area contributed by atoms with Crippen molar-refractivity contribution in [3.63, 3.8) is 0 Å². The second-order valence-corrected chi connectivity index (χ2v) is 8.82. The first-order chi connectivity index (χ1) is 16.8. The molecule has 1 aromatic heterocycles. The fourth-order valence-electron chi connectivity index (χ4n) is 3.59. The Hall–Kier alpha value is -3.71. The number of anilines is 1. The average Bonchev–Trinajstić information content (AvgIpc) is 2.84. The number of pyridine rings is 1. The summed E-state index contributed by atoms with van der Waals surface area (Å²) < 4.78 is 0. The van der Waals surface area contributed by atoms with E-state index in [0.717, 1.165) is 5.56 Å². The molecule has 8 heteroatoms. The van der Waals surface area contributed by atoms with Crippen LogP contribution in [0.5, 0.6) is 0 Å². The summed E-state index contributed by atoms with van der Waals surface area (Å²) in [5.74, 6) is -0.527. The Morgan fingerprint density at radius 3 is 2.23 bits per heavy atom. The zero-order valence-electron chi connectivity index (χ0n) is 19.8. The monoisotopic (exact) mass is 492 g/mol. The van der Waals surface area contributed by atoms with E-state index in [1.165, 1.54) is 4.90 Å². The summed E-state index contributed by atoms with van der Waals surface area (Å²) in [5, 5.41) is 6.14. The third kappa shape index (κ3) is 7.93. The molecule has 0 aliphatic heterocycles. The molecule has 0 bridgehead atoms. The van der Waals surface area contributed by atoms with Crippen LogP contribution in [0.2, 0.25) is 5.02 Å². The second-order valence-electron chi connectivity index (χ2n) is 8.39. The molecule has 0 spiro atoms. The zero-order chi connectivity index (χ0) is 25.2. The van der Waals surface area contributed by atoms with Gasteiger partial charge in [-0.3, -0.25) is 14.4 Å². The Bertz CT molecular complexity index is 1120. The lowest BCUT2D eigenvalue weighted by molar-refractivity contribution is -0.142. The minimum Gasteiger partial charge on any atom is -0.352 e. The van der Waals surface area contributed by atoms with Crippen LogP contribution in [0.1, 0.15) is 43.9 Å². The topological polar surface area (TPSA) is 91.4 Å². The maximum Gasteiger partial charge on any atom is 0.247 e. The number of rotatable bonds is 10. The van der Waals surface area contributed by atoms with Crippen LogP contribution in [-0.4, -0.2) is 33.6 Å². The number of nitrogens with one attached hydrogen (secondary N) is 2. The van der Waals surface area contributed by atoms with Gasteiger partial charge in [-0.2, -0.15) is 0 Å². The van der Waals surface area contributed by atoms with E-state index in [4.69, 9.17) is 11.6 Å². The van der Waals surface area contributed by atoms with Gasteiger partial charge < -0.3 is 15.5 Å². The molecule has 35 heavy (non-hydrogen) atoms. The number of carbonyl (C=O) groups excluding carboxylic acids is 3. The van der Waals surface area contributed by atoms with Crippen molar-refractivity contribution in [3.05, 3.63) is 95.1 Å². The quantitative estimate of drug-likeness (QED) is 0.427. The fourth-order valence-corrected chi connectivity index (χ4v) is 3.72. The van der Waals surface area contributed by atoms with Crippen LogP contribution >= 0.6 is 11.6 Å². The summed E-state index contributed by atoms with van der Waals surface area (Å²) in [7, 11) is 0. The number of amides is 3. The van der Waals surface area contributed by atoms with Gasteiger partial charge in [0.2, 0.25) is 17.7 Å². The number of benzene rings is 2. The maximum atomic E-state index is 13.5. The summed E-state index contributed by atoms with van der Waals surface area (Å²) in [6, 6.07) is 20.5. The summed E-state index contributed by atoms with van der Waals surface area (Å²) in [6.07, 6.45) is 1.47. The molecule has 2 aromatic carbocycles. The first-order valence-corrected chi connectivity index (χ1v) is 11.8. The van der Waals surface area contributed by atoms with E-state index in [2.05, 4.69) is 15.6 Å². The summed E-state index contributed by atoms with van der Waals surface area (Å²) >= 11 is 6.07. The van der Waals surface area contributed by atoms with Crippen LogP contribution in [0.4, 0.5) is 5.82 Å². The highest BCUT2D eigenvalue weighted by Crippen LogP contribution is 2.26. The van der Waals surface area contributed by atoms with E-state index >= 15 is 0 Å². The predicted octanol–water partition coefficient (Wildman–Crippen LogP) is 4.75. The van der Waals surface area contributed by atoms with Crippen molar-refractivity contribution in [2.45, 2.75) is 45.3 Å². The van der Waals surface area contributed by atoms with Gasteiger partial charge in [0.15, 0.2) is 0 Å². The van der Waals surface area contributed by atoms with Gasteiger partial charge in [-0.1, -0.05) is 60.1 Å². The molecule has 1 heterocycles. The minimum absolute atomic E-state index is 0.0418. The average molecular weight is 493 g/mol.